The first-order valence-corrected chi connectivity index (χ1v) is 4.54. The summed E-state index contributed by atoms with van der Waals surface area (Å²) in [6.45, 7) is 0.583. The highest BCUT2D eigenvalue weighted by Crippen LogP contribution is 2.00. The molecule has 15 heavy (non-hydrogen) atoms. The van der Waals surface area contributed by atoms with Gasteiger partial charge in [0.1, 0.15) is 5.82 Å². The van der Waals surface area contributed by atoms with Crippen LogP contribution >= 0.6 is 0 Å². The molecule has 5 nitrogen and oxygen atoms in total. The Kier molecular flexibility index (Phi) is 2.73. The first-order valence-electron chi connectivity index (χ1n) is 4.54. The highest BCUT2D eigenvalue weighted by Gasteiger charge is 1.94. The molecule has 0 atom stereocenters. The average molecular weight is 202 g/mol. The minimum absolute atomic E-state index is 0.210. The van der Waals surface area contributed by atoms with Gasteiger partial charge in [-0.2, -0.15) is 5.10 Å². The molecule has 2 N–H and O–H groups in total. The van der Waals surface area contributed by atoms with Gasteiger partial charge in [-0.25, -0.2) is 5.10 Å². The van der Waals surface area contributed by atoms with Crippen molar-refractivity contribution < 1.29 is 0 Å². The van der Waals surface area contributed by atoms with Crippen molar-refractivity contribution in [1.29, 1.82) is 0 Å². The number of anilines is 1. The molecule has 0 amide bonds. The van der Waals surface area contributed by atoms with Crippen LogP contribution < -0.4 is 10.9 Å². The van der Waals surface area contributed by atoms with Crippen LogP contribution in [0, 0.1) is 0 Å². The van der Waals surface area contributed by atoms with E-state index < -0.39 is 0 Å². The molecular formula is C10H10N4O. The van der Waals surface area contributed by atoms with Crippen molar-refractivity contribution in [2.75, 3.05) is 5.32 Å². The van der Waals surface area contributed by atoms with E-state index in [-0.39, 0.29) is 5.56 Å². The Morgan fingerprint density at radius 1 is 1.27 bits per heavy atom. The molecule has 0 radical (unpaired) electrons. The zero-order valence-electron chi connectivity index (χ0n) is 7.97. The second-order valence-corrected chi connectivity index (χ2v) is 2.98. The number of hydrogen-bond donors (Lipinski definition) is 2. The molecule has 0 aliphatic carbocycles. The molecule has 0 fully saturated rings. The highest BCUT2D eigenvalue weighted by atomic mass is 16.1. The molecule has 0 spiro atoms. The second kappa shape index (κ2) is 4.36. The van der Waals surface area contributed by atoms with Crippen molar-refractivity contribution >= 4 is 5.82 Å². The van der Waals surface area contributed by atoms with Gasteiger partial charge in [0.15, 0.2) is 0 Å². The van der Waals surface area contributed by atoms with Gasteiger partial charge in [0, 0.05) is 12.3 Å². The smallest absolute Gasteiger partial charge is 0.264 e. The lowest BCUT2D eigenvalue weighted by Crippen LogP contribution is -2.09. The summed E-state index contributed by atoms with van der Waals surface area (Å²) in [6.07, 6.45) is 1.73. The fraction of sp³-hybridized carbons (Fsp3) is 0.100. The minimum Gasteiger partial charge on any atom is -0.363 e. The number of H-pyrrole nitrogens is 1. The van der Waals surface area contributed by atoms with Gasteiger partial charge in [0.25, 0.3) is 5.56 Å². The molecule has 2 heterocycles. The van der Waals surface area contributed by atoms with Crippen LogP contribution in [-0.2, 0) is 6.54 Å². The lowest BCUT2D eigenvalue weighted by atomic mass is 10.3. The standard InChI is InChI=1S/C10H10N4O/c15-10-5-4-9(13-14-10)12-7-8-3-1-2-6-11-8/h1-6H,7H2,(H,12,13)(H,14,15). The van der Waals surface area contributed by atoms with Crippen LogP contribution in [-0.4, -0.2) is 15.2 Å². The summed E-state index contributed by atoms with van der Waals surface area (Å²) >= 11 is 0. The SMILES string of the molecule is O=c1ccc(NCc2ccccn2)n[nH]1. The zero-order valence-corrected chi connectivity index (χ0v) is 7.97. The summed E-state index contributed by atoms with van der Waals surface area (Å²) in [7, 11) is 0. The molecule has 0 aromatic carbocycles. The number of hydrogen-bond acceptors (Lipinski definition) is 4. The Morgan fingerprint density at radius 2 is 2.20 bits per heavy atom. The predicted molar refractivity (Wildman–Crippen MR) is 56.4 cm³/mol. The summed E-state index contributed by atoms with van der Waals surface area (Å²) in [4.78, 5) is 14.9. The largest absolute Gasteiger partial charge is 0.363 e. The van der Waals surface area contributed by atoms with Gasteiger partial charge in [0.2, 0.25) is 0 Å². The molecule has 2 rings (SSSR count). The van der Waals surface area contributed by atoms with Crippen LogP contribution in [0.3, 0.4) is 0 Å². The number of nitrogens with zero attached hydrogens (tertiary/aromatic N) is 2. The third-order valence-corrected chi connectivity index (χ3v) is 1.86. The van der Waals surface area contributed by atoms with Crippen molar-refractivity contribution in [2.45, 2.75) is 6.54 Å². The lowest BCUT2D eigenvalue weighted by Gasteiger charge is -2.03. The Bertz CT molecular complexity index is 460. The third-order valence-electron chi connectivity index (χ3n) is 1.86. The van der Waals surface area contributed by atoms with E-state index in [1.54, 1.807) is 12.3 Å². The number of rotatable bonds is 3. The topological polar surface area (TPSA) is 70.7 Å². The van der Waals surface area contributed by atoms with Crippen molar-refractivity contribution in [2.24, 2.45) is 0 Å². The summed E-state index contributed by atoms with van der Waals surface area (Å²) in [5.41, 5.74) is 0.712. The Hall–Kier alpha value is -2.17. The fourth-order valence-electron chi connectivity index (χ4n) is 1.13. The van der Waals surface area contributed by atoms with Crippen LogP contribution in [0.2, 0.25) is 0 Å². The van der Waals surface area contributed by atoms with Crippen molar-refractivity contribution in [3.8, 4) is 0 Å². The Morgan fingerprint density at radius 3 is 2.87 bits per heavy atom. The summed E-state index contributed by atoms with van der Waals surface area (Å²) in [5, 5.41) is 9.21. The molecule has 5 heteroatoms. The fourth-order valence-corrected chi connectivity index (χ4v) is 1.13. The number of nitrogens with one attached hydrogen (secondary N) is 2. The molecule has 0 saturated carbocycles. The first kappa shape index (κ1) is 9.39. The number of aromatic amines is 1. The van der Waals surface area contributed by atoms with E-state index in [0.29, 0.717) is 12.4 Å². The van der Waals surface area contributed by atoms with Gasteiger partial charge in [-0.05, 0) is 18.2 Å². The van der Waals surface area contributed by atoms with Gasteiger partial charge in [-0.15, -0.1) is 0 Å². The van der Waals surface area contributed by atoms with E-state index >= 15 is 0 Å². The van der Waals surface area contributed by atoms with Gasteiger partial charge in [-0.3, -0.25) is 9.78 Å². The van der Waals surface area contributed by atoms with Gasteiger partial charge in [0.05, 0.1) is 12.2 Å². The maximum atomic E-state index is 10.7. The number of pyridine rings is 1. The van der Waals surface area contributed by atoms with E-state index in [4.69, 9.17) is 0 Å². The maximum Gasteiger partial charge on any atom is 0.264 e. The molecule has 2 aromatic heterocycles. The van der Waals surface area contributed by atoms with Crippen molar-refractivity contribution in [3.05, 3.63) is 52.6 Å². The second-order valence-electron chi connectivity index (χ2n) is 2.98. The average Bonchev–Trinajstić information content (AvgIpc) is 2.30. The van der Waals surface area contributed by atoms with Crippen molar-refractivity contribution in [1.82, 2.24) is 15.2 Å². The summed E-state index contributed by atoms with van der Waals surface area (Å²) in [5.74, 6) is 0.625. The van der Waals surface area contributed by atoms with Crippen LogP contribution in [0.15, 0.2) is 41.3 Å². The van der Waals surface area contributed by atoms with E-state index in [1.807, 2.05) is 18.2 Å². The highest BCUT2D eigenvalue weighted by molar-refractivity contribution is 5.32. The Balaban J connectivity index is 1.99. The molecule has 0 saturated heterocycles. The molecule has 0 bridgehead atoms. The van der Waals surface area contributed by atoms with Gasteiger partial charge < -0.3 is 5.32 Å². The normalized spacial score (nSPS) is 9.87. The van der Waals surface area contributed by atoms with E-state index in [9.17, 15) is 4.79 Å². The monoisotopic (exact) mass is 202 g/mol. The van der Waals surface area contributed by atoms with Crippen LogP contribution in [0.4, 0.5) is 5.82 Å². The third kappa shape index (κ3) is 2.63. The maximum absolute atomic E-state index is 10.7. The van der Waals surface area contributed by atoms with Crippen LogP contribution in [0.25, 0.3) is 0 Å². The predicted octanol–water partition coefficient (Wildman–Crippen LogP) is 0.777. The lowest BCUT2D eigenvalue weighted by molar-refractivity contribution is 0.955. The number of aromatic nitrogens is 3. The van der Waals surface area contributed by atoms with Gasteiger partial charge in [-0.1, -0.05) is 6.07 Å². The molecule has 76 valence electrons. The molecular weight excluding hydrogens is 192 g/mol. The van der Waals surface area contributed by atoms with Crippen LogP contribution in [0.5, 0.6) is 0 Å². The first-order chi connectivity index (χ1) is 7.34. The molecule has 2 aromatic rings. The van der Waals surface area contributed by atoms with E-state index in [0.717, 1.165) is 5.69 Å². The molecule has 0 unspecified atom stereocenters. The van der Waals surface area contributed by atoms with Gasteiger partial charge >= 0.3 is 0 Å². The van der Waals surface area contributed by atoms with Crippen molar-refractivity contribution in [3.63, 3.8) is 0 Å². The molecule has 0 aliphatic heterocycles. The van der Waals surface area contributed by atoms with Crippen LogP contribution in [0.1, 0.15) is 5.69 Å². The zero-order chi connectivity index (χ0) is 10.5. The Labute approximate surface area is 86.2 Å². The van der Waals surface area contributed by atoms with E-state index in [2.05, 4.69) is 20.5 Å². The molecule has 0 aliphatic rings. The van der Waals surface area contributed by atoms with E-state index in [1.165, 1.54) is 6.07 Å². The summed E-state index contributed by atoms with van der Waals surface area (Å²) in [6, 6.07) is 8.75. The summed E-state index contributed by atoms with van der Waals surface area (Å²) < 4.78 is 0. The quantitative estimate of drug-likeness (QED) is 0.771. The minimum atomic E-state index is -0.210.